The molecule has 1 saturated heterocycles. The summed E-state index contributed by atoms with van der Waals surface area (Å²) in [5.41, 5.74) is 0. The Bertz CT molecular complexity index is 614. The van der Waals surface area contributed by atoms with Crippen molar-refractivity contribution in [1.82, 2.24) is 24.3 Å². The smallest absolute Gasteiger partial charge is 0.222 e. The second-order valence-electron chi connectivity index (χ2n) is 6.30. The van der Waals surface area contributed by atoms with Gasteiger partial charge in [0.1, 0.15) is 0 Å². The van der Waals surface area contributed by atoms with Crippen molar-refractivity contribution < 1.29 is 13.2 Å². The lowest BCUT2D eigenvalue weighted by Crippen LogP contribution is -2.43. The number of rotatable bonds is 7. The van der Waals surface area contributed by atoms with Gasteiger partial charge in [0.2, 0.25) is 15.9 Å². The highest BCUT2D eigenvalue weighted by molar-refractivity contribution is 7.88. The Labute approximate surface area is 137 Å². The van der Waals surface area contributed by atoms with Gasteiger partial charge in [0, 0.05) is 57.0 Å². The minimum absolute atomic E-state index is 0.0791. The fraction of sp³-hybridized carbons (Fsp3) is 0.714. The van der Waals surface area contributed by atoms with Gasteiger partial charge in [0.15, 0.2) is 0 Å². The van der Waals surface area contributed by atoms with E-state index in [9.17, 15) is 13.2 Å². The summed E-state index contributed by atoms with van der Waals surface area (Å²) in [6.07, 6.45) is 5.02. The van der Waals surface area contributed by atoms with Crippen LogP contribution in [0, 0.1) is 5.92 Å². The van der Waals surface area contributed by atoms with E-state index in [0.717, 1.165) is 6.54 Å². The lowest BCUT2D eigenvalue weighted by Gasteiger charge is -2.22. The minimum Gasteiger partial charge on any atom is -0.352 e. The Hall–Kier alpha value is -1.45. The number of carbonyl (C=O) groups is 1. The fourth-order valence-corrected chi connectivity index (χ4v) is 3.74. The first-order valence-electron chi connectivity index (χ1n) is 7.62. The predicted molar refractivity (Wildman–Crippen MR) is 87.2 cm³/mol. The normalized spacial score (nSPS) is 22.6. The summed E-state index contributed by atoms with van der Waals surface area (Å²) in [4.78, 5) is 14.2. The highest BCUT2D eigenvalue weighted by Gasteiger charge is 2.37. The first-order chi connectivity index (χ1) is 10.8. The van der Waals surface area contributed by atoms with Gasteiger partial charge in [-0.05, 0) is 20.2 Å². The third-order valence-electron chi connectivity index (χ3n) is 3.95. The zero-order valence-corrected chi connectivity index (χ0v) is 14.7. The Balaban J connectivity index is 1.93. The summed E-state index contributed by atoms with van der Waals surface area (Å²) in [5.74, 6) is 0.0120. The molecular weight excluding hydrogens is 318 g/mol. The van der Waals surface area contributed by atoms with Crippen LogP contribution >= 0.6 is 0 Å². The maximum absolute atomic E-state index is 12.1. The van der Waals surface area contributed by atoms with Gasteiger partial charge in [-0.1, -0.05) is 0 Å². The van der Waals surface area contributed by atoms with Crippen LogP contribution in [0.15, 0.2) is 18.5 Å². The molecule has 1 aromatic heterocycles. The highest BCUT2D eigenvalue weighted by atomic mass is 32.2. The van der Waals surface area contributed by atoms with Crippen molar-refractivity contribution in [3.05, 3.63) is 18.5 Å². The number of carbonyl (C=O) groups excluding carboxylic acids is 1. The Morgan fingerprint density at radius 2 is 2.13 bits per heavy atom. The molecule has 1 aliphatic rings. The van der Waals surface area contributed by atoms with E-state index in [4.69, 9.17) is 0 Å². The van der Waals surface area contributed by atoms with Gasteiger partial charge >= 0.3 is 0 Å². The summed E-state index contributed by atoms with van der Waals surface area (Å²) in [6.45, 7) is 2.03. The number of hydrogen-bond acceptors (Lipinski definition) is 5. The van der Waals surface area contributed by atoms with Crippen molar-refractivity contribution in [3.63, 3.8) is 0 Å². The molecule has 2 rings (SSSR count). The average Bonchev–Trinajstić information content (AvgIpc) is 3.05. The Morgan fingerprint density at radius 3 is 2.70 bits per heavy atom. The third-order valence-corrected chi connectivity index (χ3v) is 5.19. The molecule has 8 nitrogen and oxygen atoms in total. The van der Waals surface area contributed by atoms with E-state index in [2.05, 4.69) is 10.4 Å². The van der Waals surface area contributed by atoms with Crippen molar-refractivity contribution in [2.75, 3.05) is 40.0 Å². The van der Waals surface area contributed by atoms with Crippen LogP contribution in [0.1, 0.15) is 6.42 Å². The molecule has 2 heterocycles. The van der Waals surface area contributed by atoms with E-state index in [0.29, 0.717) is 26.1 Å². The molecule has 23 heavy (non-hydrogen) atoms. The molecule has 0 aliphatic carbocycles. The quantitative estimate of drug-likeness (QED) is 0.701. The average molecular weight is 343 g/mol. The van der Waals surface area contributed by atoms with E-state index in [1.165, 1.54) is 10.6 Å². The molecular formula is C14H25N5O3S. The van der Waals surface area contributed by atoms with Gasteiger partial charge in [-0.3, -0.25) is 9.48 Å². The van der Waals surface area contributed by atoms with E-state index >= 15 is 0 Å². The molecule has 0 saturated carbocycles. The van der Waals surface area contributed by atoms with Crippen LogP contribution in [-0.4, -0.2) is 79.3 Å². The van der Waals surface area contributed by atoms with Gasteiger partial charge in [-0.2, -0.15) is 9.40 Å². The zero-order chi connectivity index (χ0) is 17.0. The van der Waals surface area contributed by atoms with Crippen molar-refractivity contribution in [1.29, 1.82) is 0 Å². The first-order valence-corrected chi connectivity index (χ1v) is 9.47. The summed E-state index contributed by atoms with van der Waals surface area (Å²) < 4.78 is 26.7. The van der Waals surface area contributed by atoms with Crippen LogP contribution in [0.4, 0.5) is 0 Å². The molecule has 1 fully saturated rings. The van der Waals surface area contributed by atoms with Crippen LogP contribution in [-0.2, 0) is 21.4 Å². The number of nitrogens with one attached hydrogen (secondary N) is 1. The monoisotopic (exact) mass is 343 g/mol. The highest BCUT2D eigenvalue weighted by Crippen LogP contribution is 2.20. The molecule has 0 aromatic carbocycles. The largest absolute Gasteiger partial charge is 0.352 e. The molecule has 1 aliphatic heterocycles. The number of nitrogens with zero attached hydrogens (tertiary/aromatic N) is 4. The molecule has 130 valence electrons. The van der Waals surface area contributed by atoms with Gasteiger partial charge in [0.05, 0.1) is 6.26 Å². The van der Waals surface area contributed by atoms with Gasteiger partial charge in [-0.25, -0.2) is 8.42 Å². The Kier molecular flexibility index (Phi) is 5.77. The molecule has 1 amide bonds. The zero-order valence-electron chi connectivity index (χ0n) is 13.8. The number of aromatic nitrogens is 2. The fourth-order valence-electron chi connectivity index (χ4n) is 2.85. The van der Waals surface area contributed by atoms with E-state index in [-0.39, 0.29) is 17.9 Å². The van der Waals surface area contributed by atoms with E-state index in [1.807, 2.05) is 31.3 Å². The molecule has 1 N–H and O–H groups in total. The van der Waals surface area contributed by atoms with Crippen LogP contribution in [0.3, 0.4) is 0 Å². The van der Waals surface area contributed by atoms with Crippen LogP contribution < -0.4 is 5.32 Å². The van der Waals surface area contributed by atoms with Crippen LogP contribution in [0.2, 0.25) is 0 Å². The number of sulfonamides is 1. The van der Waals surface area contributed by atoms with Crippen molar-refractivity contribution in [2.24, 2.45) is 5.92 Å². The lowest BCUT2D eigenvalue weighted by molar-refractivity contribution is -0.122. The maximum Gasteiger partial charge on any atom is 0.222 e. The molecule has 0 spiro atoms. The topological polar surface area (TPSA) is 87.5 Å². The molecule has 1 aromatic rings. The maximum atomic E-state index is 12.1. The second-order valence-corrected chi connectivity index (χ2v) is 8.28. The lowest BCUT2D eigenvalue weighted by atomic mass is 10.0. The van der Waals surface area contributed by atoms with Crippen molar-refractivity contribution in [2.45, 2.75) is 19.0 Å². The number of aryl methyl sites for hydroxylation is 1. The Morgan fingerprint density at radius 1 is 1.39 bits per heavy atom. The van der Waals surface area contributed by atoms with Crippen LogP contribution in [0.25, 0.3) is 0 Å². The van der Waals surface area contributed by atoms with Crippen molar-refractivity contribution in [3.8, 4) is 0 Å². The van der Waals surface area contributed by atoms with Crippen LogP contribution in [0.5, 0.6) is 0 Å². The minimum atomic E-state index is -3.24. The summed E-state index contributed by atoms with van der Waals surface area (Å²) in [7, 11) is 0.650. The third kappa shape index (κ3) is 5.29. The number of hydrogen-bond donors (Lipinski definition) is 1. The molecule has 0 radical (unpaired) electrons. The SMILES string of the molecule is CN(C)C[C@@H]1CN(S(C)(=O)=O)C[C@H]1NC(=O)CCn1cccn1. The van der Waals surface area contributed by atoms with Gasteiger partial charge < -0.3 is 10.2 Å². The molecule has 0 bridgehead atoms. The first kappa shape index (κ1) is 17.9. The molecule has 9 heteroatoms. The summed E-state index contributed by atoms with van der Waals surface area (Å²) >= 11 is 0. The summed E-state index contributed by atoms with van der Waals surface area (Å²) in [5, 5.41) is 7.05. The molecule has 0 unspecified atom stereocenters. The van der Waals surface area contributed by atoms with E-state index in [1.54, 1.807) is 10.9 Å². The van der Waals surface area contributed by atoms with Gasteiger partial charge in [-0.15, -0.1) is 0 Å². The second kappa shape index (κ2) is 7.41. The standard InChI is InChI=1S/C14H25N5O3S/c1-17(2)9-12-10-19(23(3,21)22)11-13(12)16-14(20)5-8-18-7-4-6-15-18/h4,6-7,12-13H,5,8-11H2,1-3H3,(H,16,20)/t12-,13-/m1/s1. The molecule has 2 atom stereocenters. The van der Waals surface area contributed by atoms with Gasteiger partial charge in [0.25, 0.3) is 0 Å². The summed E-state index contributed by atoms with van der Waals surface area (Å²) in [6, 6.07) is 1.66. The van der Waals surface area contributed by atoms with Crippen molar-refractivity contribution >= 4 is 15.9 Å². The van der Waals surface area contributed by atoms with E-state index < -0.39 is 10.0 Å². The number of amides is 1. The predicted octanol–water partition coefficient (Wildman–Crippen LogP) is -0.789.